The van der Waals surface area contributed by atoms with E-state index in [0.29, 0.717) is 30.2 Å². The molecule has 2 rings (SSSR count). The lowest BCUT2D eigenvalue weighted by molar-refractivity contribution is 0.0954. The maximum Gasteiger partial charge on any atom is 0.251 e. The molecule has 0 atom stereocenters. The van der Waals surface area contributed by atoms with Gasteiger partial charge in [0.05, 0.1) is 5.01 Å². The summed E-state index contributed by atoms with van der Waals surface area (Å²) in [4.78, 5) is 22.3. The predicted molar refractivity (Wildman–Crippen MR) is 128 cm³/mol. The predicted octanol–water partition coefficient (Wildman–Crippen LogP) is 3.50. The average Bonchev–Trinajstić information content (AvgIpc) is 3.13. The maximum atomic E-state index is 12.0. The normalized spacial score (nSPS) is 10.9. The van der Waals surface area contributed by atoms with Crippen molar-refractivity contribution in [1.29, 1.82) is 0 Å². The molecule has 1 amide bonds. The molecule has 3 N–H and O–H groups in total. The van der Waals surface area contributed by atoms with Gasteiger partial charge in [-0.15, -0.1) is 35.3 Å². The summed E-state index contributed by atoms with van der Waals surface area (Å²) in [5.41, 5.74) is 0.592. The maximum absolute atomic E-state index is 12.0. The molecule has 154 valence electrons. The number of hydrogen-bond acceptors (Lipinski definition) is 4. The summed E-state index contributed by atoms with van der Waals surface area (Å²) in [7, 11) is 0. The van der Waals surface area contributed by atoms with Gasteiger partial charge in [0, 0.05) is 54.3 Å². The van der Waals surface area contributed by atoms with Crippen molar-refractivity contribution in [2.24, 2.45) is 4.99 Å². The van der Waals surface area contributed by atoms with Gasteiger partial charge in [0.2, 0.25) is 0 Å². The van der Waals surface area contributed by atoms with Gasteiger partial charge in [-0.1, -0.05) is 18.5 Å². The average molecular weight is 536 g/mol. The Bertz CT molecular complexity index is 751. The fourth-order valence-electron chi connectivity index (χ4n) is 2.29. The molecule has 1 heterocycles. The minimum absolute atomic E-state index is 0. The summed E-state index contributed by atoms with van der Waals surface area (Å²) in [6.07, 6.45) is 3.79. The van der Waals surface area contributed by atoms with Crippen LogP contribution < -0.4 is 16.0 Å². The number of thiazole rings is 1. The number of aryl methyl sites for hydroxylation is 1. The van der Waals surface area contributed by atoms with Gasteiger partial charge >= 0.3 is 0 Å². The van der Waals surface area contributed by atoms with Crippen molar-refractivity contribution in [2.45, 2.75) is 26.7 Å². The summed E-state index contributed by atoms with van der Waals surface area (Å²) < 4.78 is 0. The first kappa shape index (κ1) is 24.6. The van der Waals surface area contributed by atoms with Gasteiger partial charge < -0.3 is 16.0 Å². The first-order chi connectivity index (χ1) is 13.1. The van der Waals surface area contributed by atoms with Gasteiger partial charge in [0.1, 0.15) is 0 Å². The zero-order valence-corrected chi connectivity index (χ0v) is 20.0. The van der Waals surface area contributed by atoms with Crippen LogP contribution in [0.5, 0.6) is 0 Å². The Balaban J connectivity index is 0.00000392. The molecule has 0 aliphatic carbocycles. The van der Waals surface area contributed by atoms with E-state index in [9.17, 15) is 4.79 Å². The first-order valence-corrected chi connectivity index (χ1v) is 10.3. The number of hydrogen-bond donors (Lipinski definition) is 3. The number of benzene rings is 1. The third kappa shape index (κ3) is 8.74. The number of rotatable bonds is 9. The van der Waals surface area contributed by atoms with E-state index in [1.807, 2.05) is 13.1 Å². The highest BCUT2D eigenvalue weighted by Gasteiger charge is 2.05. The Kier molecular flexibility index (Phi) is 12.1. The fraction of sp³-hybridized carbons (Fsp3) is 0.421. The van der Waals surface area contributed by atoms with Gasteiger partial charge in [0.25, 0.3) is 5.91 Å². The summed E-state index contributed by atoms with van der Waals surface area (Å²) in [6.45, 7) is 6.69. The van der Waals surface area contributed by atoms with E-state index in [2.05, 4.69) is 32.9 Å². The number of nitrogens with one attached hydrogen (secondary N) is 3. The highest BCUT2D eigenvalue weighted by Crippen LogP contribution is 2.13. The number of nitrogens with zero attached hydrogens (tertiary/aromatic N) is 2. The van der Waals surface area contributed by atoms with Crippen LogP contribution in [0.4, 0.5) is 0 Å². The van der Waals surface area contributed by atoms with Crippen LogP contribution in [0.2, 0.25) is 5.02 Å². The van der Waals surface area contributed by atoms with Gasteiger partial charge in [-0.05, 0) is 37.6 Å². The van der Waals surface area contributed by atoms with E-state index in [-0.39, 0.29) is 29.9 Å². The zero-order chi connectivity index (χ0) is 19.5. The van der Waals surface area contributed by atoms with Crippen LogP contribution in [0, 0.1) is 0 Å². The van der Waals surface area contributed by atoms with E-state index in [1.165, 1.54) is 4.88 Å². The first-order valence-electron chi connectivity index (χ1n) is 9.12. The molecule has 0 aliphatic rings. The lowest BCUT2D eigenvalue weighted by Gasteiger charge is -2.11. The fourth-order valence-corrected chi connectivity index (χ4v) is 3.27. The molecule has 0 aliphatic heterocycles. The van der Waals surface area contributed by atoms with Crippen LogP contribution in [0.3, 0.4) is 0 Å². The SMILES string of the molecule is CCNC(=NCCc1ncc(CC)s1)NCCNC(=O)c1ccc(Cl)cc1.I. The molecule has 0 saturated heterocycles. The van der Waals surface area contributed by atoms with E-state index < -0.39 is 0 Å². The van der Waals surface area contributed by atoms with Crippen LogP contribution in [-0.2, 0) is 12.8 Å². The summed E-state index contributed by atoms with van der Waals surface area (Å²) in [5.74, 6) is 0.622. The van der Waals surface area contributed by atoms with Crippen LogP contribution in [-0.4, -0.2) is 43.0 Å². The number of carbonyl (C=O) groups is 1. The molecule has 0 saturated carbocycles. The number of halogens is 2. The molecule has 0 unspecified atom stereocenters. The molecule has 0 fully saturated rings. The summed E-state index contributed by atoms with van der Waals surface area (Å²) in [5, 5.41) is 11.0. The molecule has 1 aromatic heterocycles. The van der Waals surface area contributed by atoms with Gasteiger partial charge in [-0.3, -0.25) is 9.79 Å². The molecule has 9 heteroatoms. The van der Waals surface area contributed by atoms with Crippen molar-refractivity contribution in [2.75, 3.05) is 26.2 Å². The van der Waals surface area contributed by atoms with Crippen molar-refractivity contribution in [1.82, 2.24) is 20.9 Å². The number of guanidine groups is 1. The third-order valence-electron chi connectivity index (χ3n) is 3.70. The van der Waals surface area contributed by atoms with Gasteiger partial charge in [-0.25, -0.2) is 4.98 Å². The van der Waals surface area contributed by atoms with Crippen LogP contribution in [0.15, 0.2) is 35.5 Å². The number of carbonyl (C=O) groups excluding carboxylic acids is 1. The number of aliphatic imine (C=N–C) groups is 1. The van der Waals surface area contributed by atoms with Crippen molar-refractivity contribution >= 4 is 58.8 Å². The van der Waals surface area contributed by atoms with Crippen molar-refractivity contribution in [3.63, 3.8) is 0 Å². The Hall–Kier alpha value is -1.39. The Morgan fingerprint density at radius 3 is 2.50 bits per heavy atom. The smallest absolute Gasteiger partial charge is 0.251 e. The van der Waals surface area contributed by atoms with Gasteiger partial charge in [-0.2, -0.15) is 0 Å². The van der Waals surface area contributed by atoms with E-state index >= 15 is 0 Å². The molecule has 0 spiro atoms. The molecule has 0 radical (unpaired) electrons. The van der Waals surface area contributed by atoms with Crippen LogP contribution in [0.25, 0.3) is 0 Å². The molecule has 28 heavy (non-hydrogen) atoms. The lowest BCUT2D eigenvalue weighted by Crippen LogP contribution is -2.41. The van der Waals surface area contributed by atoms with E-state index in [0.717, 1.165) is 30.4 Å². The molecule has 6 nitrogen and oxygen atoms in total. The summed E-state index contributed by atoms with van der Waals surface area (Å²) >= 11 is 7.58. The molecular formula is C19H27ClIN5OS. The zero-order valence-electron chi connectivity index (χ0n) is 16.1. The third-order valence-corrected chi connectivity index (χ3v) is 5.15. The van der Waals surface area contributed by atoms with Crippen LogP contribution >= 0.6 is 46.9 Å². The van der Waals surface area contributed by atoms with Gasteiger partial charge in [0.15, 0.2) is 5.96 Å². The molecule has 0 bridgehead atoms. The second kappa shape index (κ2) is 13.7. The van der Waals surface area contributed by atoms with Crippen molar-refractivity contribution in [3.05, 3.63) is 50.9 Å². The van der Waals surface area contributed by atoms with Crippen molar-refractivity contribution < 1.29 is 4.79 Å². The minimum atomic E-state index is -0.120. The lowest BCUT2D eigenvalue weighted by atomic mass is 10.2. The quantitative estimate of drug-likeness (QED) is 0.199. The highest BCUT2D eigenvalue weighted by atomic mass is 127. The standard InChI is InChI=1S/C19H26ClN5OS.HI/c1-3-16-13-25-17(27-16)9-10-23-19(21-4-2)24-12-11-22-18(26)14-5-7-15(20)8-6-14;/h5-8,13H,3-4,9-12H2,1-2H3,(H,22,26)(H2,21,23,24);1H. The van der Waals surface area contributed by atoms with E-state index in [1.54, 1.807) is 35.6 Å². The second-order valence-electron chi connectivity index (χ2n) is 5.77. The van der Waals surface area contributed by atoms with Crippen LogP contribution in [0.1, 0.15) is 34.1 Å². The largest absolute Gasteiger partial charge is 0.357 e. The Morgan fingerprint density at radius 2 is 1.86 bits per heavy atom. The Morgan fingerprint density at radius 1 is 1.14 bits per heavy atom. The topological polar surface area (TPSA) is 78.4 Å². The molecule has 1 aromatic carbocycles. The number of amides is 1. The minimum Gasteiger partial charge on any atom is -0.357 e. The number of aromatic nitrogens is 1. The Labute approximate surface area is 192 Å². The second-order valence-corrected chi connectivity index (χ2v) is 7.41. The van der Waals surface area contributed by atoms with Crippen molar-refractivity contribution in [3.8, 4) is 0 Å². The highest BCUT2D eigenvalue weighted by molar-refractivity contribution is 14.0. The molecule has 2 aromatic rings. The molecular weight excluding hydrogens is 509 g/mol. The summed E-state index contributed by atoms with van der Waals surface area (Å²) in [6, 6.07) is 6.82. The van der Waals surface area contributed by atoms with E-state index in [4.69, 9.17) is 11.6 Å². The monoisotopic (exact) mass is 535 g/mol.